The molecule has 0 bridgehead atoms. The second-order valence-electron chi connectivity index (χ2n) is 4.67. The highest BCUT2D eigenvalue weighted by Crippen LogP contribution is 2.34. The summed E-state index contributed by atoms with van der Waals surface area (Å²) < 4.78 is 0.900. The maximum absolute atomic E-state index is 12.0. The van der Waals surface area contributed by atoms with E-state index in [1.54, 1.807) is 4.90 Å². The third-order valence-electron chi connectivity index (χ3n) is 3.43. The van der Waals surface area contributed by atoms with Gasteiger partial charge >= 0.3 is 0 Å². The molecule has 2 atom stereocenters. The van der Waals surface area contributed by atoms with E-state index in [4.69, 9.17) is 17.3 Å². The number of carbonyl (C=O) groups excluding carboxylic acids is 1. The number of hydrogen-bond donors (Lipinski definition) is 1. The van der Waals surface area contributed by atoms with Gasteiger partial charge in [0.2, 0.25) is 5.91 Å². The summed E-state index contributed by atoms with van der Waals surface area (Å²) >= 11 is 9.45. The molecular formula is C13H16BrClN2O. The Labute approximate surface area is 120 Å². The van der Waals surface area contributed by atoms with Crippen LogP contribution in [0.15, 0.2) is 22.7 Å². The van der Waals surface area contributed by atoms with Gasteiger partial charge in [-0.3, -0.25) is 4.79 Å². The highest BCUT2D eigenvalue weighted by molar-refractivity contribution is 9.10. The van der Waals surface area contributed by atoms with Crippen molar-refractivity contribution in [1.82, 2.24) is 4.90 Å². The number of likely N-dealkylation sites (N-methyl/N-ethyl adjacent to an activating group) is 1. The fourth-order valence-corrected chi connectivity index (χ4v) is 3.36. The summed E-state index contributed by atoms with van der Waals surface area (Å²) in [6.45, 7) is 0. The number of nitrogens with two attached hydrogens (primary N) is 1. The molecule has 2 N–H and O–H groups in total. The fraction of sp³-hybridized carbons (Fsp3) is 0.462. The van der Waals surface area contributed by atoms with Gasteiger partial charge in [0.1, 0.15) is 0 Å². The van der Waals surface area contributed by atoms with Crippen LogP contribution >= 0.6 is 27.5 Å². The Morgan fingerprint density at radius 1 is 1.50 bits per heavy atom. The van der Waals surface area contributed by atoms with Crippen LogP contribution < -0.4 is 5.73 Å². The summed E-state index contributed by atoms with van der Waals surface area (Å²) in [5, 5.41) is 0.668. The van der Waals surface area contributed by atoms with Gasteiger partial charge < -0.3 is 10.6 Å². The monoisotopic (exact) mass is 330 g/mol. The summed E-state index contributed by atoms with van der Waals surface area (Å²) in [5.74, 6) is 0.148. The molecule has 0 radical (unpaired) electrons. The summed E-state index contributed by atoms with van der Waals surface area (Å²) in [6, 6.07) is 5.47. The Morgan fingerprint density at radius 2 is 2.22 bits per heavy atom. The molecular weight excluding hydrogens is 316 g/mol. The summed E-state index contributed by atoms with van der Waals surface area (Å²) in [7, 11) is 1.82. The standard InChI is InChI=1S/C13H16BrClN2O/c1-17-12(18)4-2-3-11(16)13(17)9-6-5-8(15)7-10(9)14/h5-7,11,13H,2-4,16H2,1H3. The summed E-state index contributed by atoms with van der Waals surface area (Å²) in [4.78, 5) is 13.7. The minimum Gasteiger partial charge on any atom is -0.337 e. The molecule has 1 aliphatic heterocycles. The SMILES string of the molecule is CN1C(=O)CCCC(N)C1c1ccc(Cl)cc1Br. The van der Waals surface area contributed by atoms with Gasteiger partial charge in [0, 0.05) is 29.0 Å². The van der Waals surface area contributed by atoms with Crippen molar-refractivity contribution in [3.05, 3.63) is 33.3 Å². The lowest BCUT2D eigenvalue weighted by Crippen LogP contribution is -2.39. The lowest BCUT2D eigenvalue weighted by atomic mass is 9.97. The van der Waals surface area contributed by atoms with Crippen molar-refractivity contribution in [2.75, 3.05) is 7.05 Å². The van der Waals surface area contributed by atoms with Crippen molar-refractivity contribution in [2.24, 2.45) is 5.73 Å². The highest BCUT2D eigenvalue weighted by atomic mass is 79.9. The van der Waals surface area contributed by atoms with Crippen LogP contribution in [-0.4, -0.2) is 23.9 Å². The average Bonchev–Trinajstić information content (AvgIpc) is 2.42. The second kappa shape index (κ2) is 5.59. The predicted molar refractivity (Wildman–Crippen MR) is 76.5 cm³/mol. The molecule has 98 valence electrons. The van der Waals surface area contributed by atoms with Gasteiger partial charge in [0.05, 0.1) is 6.04 Å². The van der Waals surface area contributed by atoms with Crippen LogP contribution in [0, 0.1) is 0 Å². The number of amides is 1. The molecule has 1 aliphatic rings. The highest BCUT2D eigenvalue weighted by Gasteiger charge is 2.31. The molecule has 0 spiro atoms. The van der Waals surface area contributed by atoms with E-state index in [-0.39, 0.29) is 18.0 Å². The average molecular weight is 332 g/mol. The Morgan fingerprint density at radius 3 is 2.89 bits per heavy atom. The molecule has 1 amide bonds. The Balaban J connectivity index is 2.41. The van der Waals surface area contributed by atoms with E-state index >= 15 is 0 Å². The van der Waals surface area contributed by atoms with E-state index in [0.29, 0.717) is 11.4 Å². The van der Waals surface area contributed by atoms with Crippen molar-refractivity contribution in [2.45, 2.75) is 31.3 Å². The van der Waals surface area contributed by atoms with Gasteiger partial charge in [0.25, 0.3) is 0 Å². The molecule has 0 saturated carbocycles. The first-order valence-electron chi connectivity index (χ1n) is 5.97. The summed E-state index contributed by atoms with van der Waals surface area (Å²) in [6.07, 6.45) is 2.29. The quantitative estimate of drug-likeness (QED) is 0.859. The van der Waals surface area contributed by atoms with Crippen molar-refractivity contribution in [3.8, 4) is 0 Å². The number of halogens is 2. The molecule has 1 fully saturated rings. The first kappa shape index (κ1) is 13.8. The van der Waals surface area contributed by atoms with E-state index in [2.05, 4.69) is 15.9 Å². The van der Waals surface area contributed by atoms with E-state index in [0.717, 1.165) is 22.9 Å². The molecule has 0 aromatic heterocycles. The Bertz CT molecular complexity index is 466. The maximum Gasteiger partial charge on any atom is 0.222 e. The largest absolute Gasteiger partial charge is 0.337 e. The molecule has 1 heterocycles. The van der Waals surface area contributed by atoms with E-state index in [9.17, 15) is 4.79 Å². The zero-order valence-corrected chi connectivity index (χ0v) is 12.5. The Kier molecular flexibility index (Phi) is 4.30. The molecule has 3 nitrogen and oxygen atoms in total. The van der Waals surface area contributed by atoms with Crippen LogP contribution in [0.1, 0.15) is 30.9 Å². The molecule has 1 aromatic rings. The van der Waals surface area contributed by atoms with Crippen molar-refractivity contribution >= 4 is 33.4 Å². The summed E-state index contributed by atoms with van der Waals surface area (Å²) in [5.41, 5.74) is 7.24. The maximum atomic E-state index is 12.0. The van der Waals surface area contributed by atoms with Crippen molar-refractivity contribution in [3.63, 3.8) is 0 Å². The van der Waals surface area contributed by atoms with E-state index < -0.39 is 0 Å². The van der Waals surface area contributed by atoms with Crippen molar-refractivity contribution in [1.29, 1.82) is 0 Å². The lowest BCUT2D eigenvalue weighted by Gasteiger charge is -2.31. The molecule has 0 aliphatic carbocycles. The number of benzene rings is 1. The molecule has 1 aromatic carbocycles. The third kappa shape index (κ3) is 2.71. The molecule has 2 rings (SSSR count). The third-order valence-corrected chi connectivity index (χ3v) is 4.35. The number of likely N-dealkylation sites (tertiary alicyclic amines) is 1. The fourth-order valence-electron chi connectivity index (χ4n) is 2.45. The molecule has 1 saturated heterocycles. The zero-order chi connectivity index (χ0) is 13.3. The van der Waals surface area contributed by atoms with Crippen LogP contribution in [0.3, 0.4) is 0 Å². The van der Waals surface area contributed by atoms with Crippen LogP contribution in [-0.2, 0) is 4.79 Å². The normalized spacial score (nSPS) is 25.1. The topological polar surface area (TPSA) is 46.3 Å². The number of nitrogens with zero attached hydrogens (tertiary/aromatic N) is 1. The van der Waals surface area contributed by atoms with Gasteiger partial charge in [-0.2, -0.15) is 0 Å². The van der Waals surface area contributed by atoms with Crippen LogP contribution in [0.5, 0.6) is 0 Å². The van der Waals surface area contributed by atoms with Gasteiger partial charge in [-0.25, -0.2) is 0 Å². The van der Waals surface area contributed by atoms with Gasteiger partial charge in [-0.15, -0.1) is 0 Å². The smallest absolute Gasteiger partial charge is 0.222 e. The number of hydrogen-bond acceptors (Lipinski definition) is 2. The number of carbonyl (C=O) groups is 1. The molecule has 18 heavy (non-hydrogen) atoms. The molecule has 2 unspecified atom stereocenters. The minimum atomic E-state index is -0.0911. The van der Waals surface area contributed by atoms with Crippen LogP contribution in [0.2, 0.25) is 5.02 Å². The predicted octanol–water partition coefficient (Wildman–Crippen LogP) is 3.11. The van der Waals surface area contributed by atoms with E-state index in [1.165, 1.54) is 0 Å². The Hall–Kier alpha value is -0.580. The van der Waals surface area contributed by atoms with Crippen LogP contribution in [0.4, 0.5) is 0 Å². The van der Waals surface area contributed by atoms with Gasteiger partial charge in [-0.05, 0) is 30.5 Å². The number of rotatable bonds is 1. The molecule has 5 heteroatoms. The van der Waals surface area contributed by atoms with Crippen LogP contribution in [0.25, 0.3) is 0 Å². The van der Waals surface area contributed by atoms with E-state index in [1.807, 2.05) is 25.2 Å². The second-order valence-corrected chi connectivity index (χ2v) is 5.96. The zero-order valence-electron chi connectivity index (χ0n) is 10.2. The van der Waals surface area contributed by atoms with Gasteiger partial charge in [-0.1, -0.05) is 33.6 Å². The lowest BCUT2D eigenvalue weighted by molar-refractivity contribution is -0.131. The van der Waals surface area contributed by atoms with Crippen molar-refractivity contribution < 1.29 is 4.79 Å². The first-order valence-corrected chi connectivity index (χ1v) is 7.14. The minimum absolute atomic E-state index is 0.0427. The van der Waals surface area contributed by atoms with Gasteiger partial charge in [0.15, 0.2) is 0 Å². The first-order chi connectivity index (χ1) is 8.50.